The molecule has 0 unspecified atom stereocenters. The minimum Gasteiger partial charge on any atom is -0.497 e. The predicted octanol–water partition coefficient (Wildman–Crippen LogP) is 2.73. The molecular formula is C17H25NO4. The fourth-order valence-corrected chi connectivity index (χ4v) is 2.11. The molecule has 0 atom stereocenters. The molecule has 1 amide bonds. The molecule has 0 saturated carbocycles. The van der Waals surface area contributed by atoms with Gasteiger partial charge in [-0.3, -0.25) is 9.59 Å². The number of rotatable bonds is 9. The van der Waals surface area contributed by atoms with Crippen molar-refractivity contribution in [2.75, 3.05) is 13.7 Å². The summed E-state index contributed by atoms with van der Waals surface area (Å²) in [6, 6.07) is 7.81. The average molecular weight is 307 g/mol. The van der Waals surface area contributed by atoms with Crippen LogP contribution in [0.5, 0.6) is 5.75 Å². The van der Waals surface area contributed by atoms with Crippen LogP contribution in [0.1, 0.15) is 45.1 Å². The van der Waals surface area contributed by atoms with E-state index in [0.29, 0.717) is 25.8 Å². The van der Waals surface area contributed by atoms with Gasteiger partial charge >= 0.3 is 5.97 Å². The monoisotopic (exact) mass is 307 g/mol. The Hall–Kier alpha value is -2.04. The van der Waals surface area contributed by atoms with E-state index < -0.39 is 5.97 Å². The number of methoxy groups -OCH3 is 1. The summed E-state index contributed by atoms with van der Waals surface area (Å²) in [4.78, 5) is 22.2. The van der Waals surface area contributed by atoms with Gasteiger partial charge in [-0.25, -0.2) is 0 Å². The van der Waals surface area contributed by atoms with Crippen LogP contribution in [-0.2, 0) is 15.0 Å². The topological polar surface area (TPSA) is 75.6 Å². The first-order chi connectivity index (χ1) is 10.3. The third-order valence-electron chi connectivity index (χ3n) is 3.64. The van der Waals surface area contributed by atoms with Gasteiger partial charge in [-0.1, -0.05) is 26.0 Å². The molecular weight excluding hydrogens is 282 g/mol. The molecule has 0 fully saturated rings. The number of aliphatic carboxylic acids is 1. The second-order valence-corrected chi connectivity index (χ2v) is 5.99. The fraction of sp³-hybridized carbons (Fsp3) is 0.529. The van der Waals surface area contributed by atoms with Gasteiger partial charge in [-0.15, -0.1) is 0 Å². The van der Waals surface area contributed by atoms with E-state index in [-0.39, 0.29) is 17.7 Å². The zero-order chi connectivity index (χ0) is 16.6. The van der Waals surface area contributed by atoms with Gasteiger partial charge in [0.1, 0.15) is 5.75 Å². The second kappa shape index (κ2) is 8.41. The lowest BCUT2D eigenvalue weighted by Crippen LogP contribution is -2.36. The number of carbonyl (C=O) groups is 2. The number of hydrogen-bond donors (Lipinski definition) is 2. The third-order valence-corrected chi connectivity index (χ3v) is 3.64. The molecule has 122 valence electrons. The Morgan fingerprint density at radius 2 is 1.73 bits per heavy atom. The molecule has 0 heterocycles. The van der Waals surface area contributed by atoms with Crippen LogP contribution in [0.3, 0.4) is 0 Å². The zero-order valence-corrected chi connectivity index (χ0v) is 13.5. The summed E-state index contributed by atoms with van der Waals surface area (Å²) in [5.74, 6) is -0.0463. The maximum absolute atomic E-state index is 11.8. The fourth-order valence-electron chi connectivity index (χ4n) is 2.11. The Kier molecular flexibility index (Phi) is 6.89. The summed E-state index contributed by atoms with van der Waals surface area (Å²) < 4.78 is 5.14. The lowest BCUT2D eigenvalue weighted by atomic mass is 9.84. The molecule has 5 nitrogen and oxygen atoms in total. The average Bonchev–Trinajstić information content (AvgIpc) is 2.49. The lowest BCUT2D eigenvalue weighted by molar-refractivity contribution is -0.137. The first kappa shape index (κ1) is 18.0. The summed E-state index contributed by atoms with van der Waals surface area (Å²) in [6.45, 7) is 4.68. The number of hydrogen-bond acceptors (Lipinski definition) is 3. The van der Waals surface area contributed by atoms with Crippen molar-refractivity contribution in [1.82, 2.24) is 5.32 Å². The molecule has 0 aliphatic rings. The SMILES string of the molecule is COc1ccc(C(C)(C)CNC(=O)CCCCC(=O)O)cc1. The van der Waals surface area contributed by atoms with E-state index in [1.54, 1.807) is 7.11 Å². The number of amides is 1. The first-order valence-electron chi connectivity index (χ1n) is 7.48. The van der Waals surface area contributed by atoms with Crippen LogP contribution < -0.4 is 10.1 Å². The van der Waals surface area contributed by atoms with E-state index in [1.807, 2.05) is 24.3 Å². The van der Waals surface area contributed by atoms with Crippen molar-refractivity contribution in [2.24, 2.45) is 0 Å². The summed E-state index contributed by atoms with van der Waals surface area (Å²) >= 11 is 0. The van der Waals surface area contributed by atoms with Crippen molar-refractivity contribution in [3.8, 4) is 5.75 Å². The smallest absolute Gasteiger partial charge is 0.303 e. The summed E-state index contributed by atoms with van der Waals surface area (Å²) in [7, 11) is 1.63. The summed E-state index contributed by atoms with van der Waals surface area (Å²) in [5.41, 5.74) is 0.947. The molecule has 1 rings (SSSR count). The third kappa shape index (κ3) is 6.16. The maximum atomic E-state index is 11.8. The number of ether oxygens (including phenoxy) is 1. The van der Waals surface area contributed by atoms with Gasteiger partial charge in [0.05, 0.1) is 7.11 Å². The number of nitrogens with one attached hydrogen (secondary N) is 1. The van der Waals surface area contributed by atoms with Gasteiger partial charge in [0.15, 0.2) is 0 Å². The Morgan fingerprint density at radius 1 is 1.14 bits per heavy atom. The highest BCUT2D eigenvalue weighted by molar-refractivity contribution is 5.76. The van der Waals surface area contributed by atoms with E-state index in [9.17, 15) is 9.59 Å². The number of benzene rings is 1. The van der Waals surface area contributed by atoms with E-state index in [1.165, 1.54) is 0 Å². The molecule has 0 radical (unpaired) electrons. The van der Waals surface area contributed by atoms with E-state index in [2.05, 4.69) is 19.2 Å². The number of carboxylic acid groups (broad SMARTS) is 1. The van der Waals surface area contributed by atoms with Crippen molar-refractivity contribution in [2.45, 2.75) is 44.9 Å². The predicted molar refractivity (Wildman–Crippen MR) is 85.1 cm³/mol. The minimum atomic E-state index is -0.818. The molecule has 2 N–H and O–H groups in total. The molecule has 0 saturated heterocycles. The Bertz CT molecular complexity index is 494. The molecule has 0 aliphatic carbocycles. The highest BCUT2D eigenvalue weighted by atomic mass is 16.5. The second-order valence-electron chi connectivity index (χ2n) is 5.99. The Balaban J connectivity index is 2.40. The van der Waals surface area contributed by atoms with Crippen LogP contribution in [0.25, 0.3) is 0 Å². The standard InChI is InChI=1S/C17H25NO4/c1-17(2,13-8-10-14(22-3)11-9-13)12-18-15(19)6-4-5-7-16(20)21/h8-11H,4-7,12H2,1-3H3,(H,18,19)(H,20,21). The van der Waals surface area contributed by atoms with Crippen molar-refractivity contribution in [3.63, 3.8) is 0 Å². The van der Waals surface area contributed by atoms with E-state index in [0.717, 1.165) is 11.3 Å². The number of carboxylic acids is 1. The van der Waals surface area contributed by atoms with Gasteiger partial charge in [-0.05, 0) is 30.5 Å². The maximum Gasteiger partial charge on any atom is 0.303 e. The zero-order valence-electron chi connectivity index (χ0n) is 13.5. The molecule has 1 aromatic rings. The first-order valence-corrected chi connectivity index (χ1v) is 7.48. The van der Waals surface area contributed by atoms with Crippen LogP contribution in [-0.4, -0.2) is 30.6 Å². The highest BCUT2D eigenvalue weighted by Gasteiger charge is 2.21. The van der Waals surface area contributed by atoms with Gasteiger partial charge in [0.2, 0.25) is 5.91 Å². The largest absolute Gasteiger partial charge is 0.497 e. The van der Waals surface area contributed by atoms with Gasteiger partial charge < -0.3 is 15.2 Å². The minimum absolute atomic E-state index is 0.0352. The Morgan fingerprint density at radius 3 is 2.27 bits per heavy atom. The van der Waals surface area contributed by atoms with Crippen LogP contribution in [0, 0.1) is 0 Å². The molecule has 1 aromatic carbocycles. The Labute approximate surface area is 131 Å². The van der Waals surface area contributed by atoms with Gasteiger partial charge in [0.25, 0.3) is 0 Å². The lowest BCUT2D eigenvalue weighted by Gasteiger charge is -2.26. The van der Waals surface area contributed by atoms with Crippen molar-refractivity contribution >= 4 is 11.9 Å². The summed E-state index contributed by atoms with van der Waals surface area (Å²) in [6.07, 6.45) is 1.61. The molecule has 5 heteroatoms. The van der Waals surface area contributed by atoms with Gasteiger partial charge in [0, 0.05) is 24.8 Å². The van der Waals surface area contributed by atoms with Crippen molar-refractivity contribution in [3.05, 3.63) is 29.8 Å². The molecule has 0 spiro atoms. The van der Waals surface area contributed by atoms with E-state index in [4.69, 9.17) is 9.84 Å². The van der Waals surface area contributed by atoms with Crippen LogP contribution >= 0.6 is 0 Å². The van der Waals surface area contributed by atoms with Crippen LogP contribution in [0.4, 0.5) is 0 Å². The van der Waals surface area contributed by atoms with Crippen LogP contribution in [0.15, 0.2) is 24.3 Å². The highest BCUT2D eigenvalue weighted by Crippen LogP contribution is 2.24. The molecule has 22 heavy (non-hydrogen) atoms. The van der Waals surface area contributed by atoms with Crippen LogP contribution in [0.2, 0.25) is 0 Å². The van der Waals surface area contributed by atoms with E-state index >= 15 is 0 Å². The van der Waals surface area contributed by atoms with Gasteiger partial charge in [-0.2, -0.15) is 0 Å². The quantitative estimate of drug-likeness (QED) is 0.688. The number of carbonyl (C=O) groups excluding carboxylic acids is 1. The normalized spacial score (nSPS) is 11.0. The van der Waals surface area contributed by atoms with Crippen molar-refractivity contribution < 1.29 is 19.4 Å². The molecule has 0 aliphatic heterocycles. The molecule has 0 aromatic heterocycles. The number of unbranched alkanes of at least 4 members (excludes halogenated alkanes) is 1. The summed E-state index contributed by atoms with van der Waals surface area (Å²) in [5, 5.41) is 11.5. The van der Waals surface area contributed by atoms with Crippen molar-refractivity contribution in [1.29, 1.82) is 0 Å². The molecule has 0 bridgehead atoms.